The number of carbonyl (C=O) groups excluding carboxylic acids is 1. The van der Waals surface area contributed by atoms with E-state index >= 15 is 0 Å². The van der Waals surface area contributed by atoms with E-state index in [0.717, 1.165) is 10.4 Å². The molecule has 0 unspecified atom stereocenters. The lowest BCUT2D eigenvalue weighted by Crippen LogP contribution is -2.38. The number of benzene rings is 1. The van der Waals surface area contributed by atoms with Gasteiger partial charge in [0.2, 0.25) is 15.9 Å². The number of aromatic carboxylic acids is 1. The van der Waals surface area contributed by atoms with Crippen molar-refractivity contribution in [3.05, 3.63) is 29.3 Å². The van der Waals surface area contributed by atoms with E-state index in [1.54, 1.807) is 6.92 Å². The summed E-state index contributed by atoms with van der Waals surface area (Å²) in [6.07, 6.45) is 0. The van der Waals surface area contributed by atoms with E-state index in [2.05, 4.69) is 0 Å². The molecule has 1 aromatic rings. The molecule has 0 saturated heterocycles. The lowest BCUT2D eigenvalue weighted by Gasteiger charge is -2.20. The summed E-state index contributed by atoms with van der Waals surface area (Å²) < 4.78 is 25.8. The fourth-order valence-electron chi connectivity index (χ4n) is 1.60. The standard InChI is InChI=1S/C13H18N2O5S/c1-9-5-6-10(13(17)18)7-11(9)21(19,20)15(4)8-12(16)14(2)3/h5-7H,8H2,1-4H3,(H,17,18). The maximum absolute atomic E-state index is 12.4. The average molecular weight is 314 g/mol. The van der Waals surface area contributed by atoms with E-state index < -0.39 is 16.0 Å². The van der Waals surface area contributed by atoms with Gasteiger partial charge in [-0.15, -0.1) is 0 Å². The monoisotopic (exact) mass is 314 g/mol. The number of hydrogen-bond acceptors (Lipinski definition) is 4. The number of rotatable bonds is 5. The van der Waals surface area contributed by atoms with Crippen LogP contribution in [0.1, 0.15) is 15.9 Å². The lowest BCUT2D eigenvalue weighted by atomic mass is 10.1. The van der Waals surface area contributed by atoms with Gasteiger partial charge in [0.15, 0.2) is 0 Å². The topological polar surface area (TPSA) is 95.0 Å². The van der Waals surface area contributed by atoms with Crippen molar-refractivity contribution in [2.24, 2.45) is 0 Å². The van der Waals surface area contributed by atoms with Crippen LogP contribution in [0.2, 0.25) is 0 Å². The number of nitrogens with zero attached hydrogens (tertiary/aromatic N) is 2. The van der Waals surface area contributed by atoms with Crippen LogP contribution in [0.5, 0.6) is 0 Å². The molecule has 7 nitrogen and oxygen atoms in total. The molecule has 0 aliphatic carbocycles. The molecule has 1 N–H and O–H groups in total. The van der Waals surface area contributed by atoms with E-state index in [-0.39, 0.29) is 22.9 Å². The minimum Gasteiger partial charge on any atom is -0.478 e. The predicted molar refractivity (Wildman–Crippen MR) is 76.6 cm³/mol. The molecule has 0 saturated carbocycles. The Bertz CT molecular complexity index is 667. The highest BCUT2D eigenvalue weighted by Gasteiger charge is 2.26. The fourth-order valence-corrected chi connectivity index (χ4v) is 2.96. The molecule has 1 aromatic carbocycles. The van der Waals surface area contributed by atoms with Crippen molar-refractivity contribution in [1.82, 2.24) is 9.21 Å². The van der Waals surface area contributed by atoms with Gasteiger partial charge in [-0.1, -0.05) is 6.07 Å². The zero-order chi connectivity index (χ0) is 16.4. The number of hydrogen-bond donors (Lipinski definition) is 1. The first-order chi connectivity index (χ1) is 9.57. The molecule has 1 amide bonds. The van der Waals surface area contributed by atoms with E-state index in [1.165, 1.54) is 38.2 Å². The summed E-state index contributed by atoms with van der Waals surface area (Å²) in [4.78, 5) is 23.7. The predicted octanol–water partition coefficient (Wildman–Crippen LogP) is 0.402. The van der Waals surface area contributed by atoms with Gasteiger partial charge in [-0.05, 0) is 24.6 Å². The molecular weight excluding hydrogens is 296 g/mol. The number of aryl methyl sites for hydroxylation is 1. The summed E-state index contributed by atoms with van der Waals surface area (Å²) in [6.45, 7) is 1.26. The van der Waals surface area contributed by atoms with Crippen LogP contribution in [0.4, 0.5) is 0 Å². The first kappa shape index (κ1) is 17.1. The summed E-state index contributed by atoms with van der Waals surface area (Å²) in [5.74, 6) is -1.58. The normalized spacial score (nSPS) is 11.5. The molecule has 116 valence electrons. The van der Waals surface area contributed by atoms with Crippen molar-refractivity contribution < 1.29 is 23.1 Å². The highest BCUT2D eigenvalue weighted by molar-refractivity contribution is 7.89. The number of carboxylic acid groups (broad SMARTS) is 1. The zero-order valence-corrected chi connectivity index (χ0v) is 13.1. The third-order valence-corrected chi connectivity index (χ3v) is 4.93. The largest absolute Gasteiger partial charge is 0.478 e. The van der Waals surface area contributed by atoms with Gasteiger partial charge in [0.05, 0.1) is 17.0 Å². The van der Waals surface area contributed by atoms with Gasteiger partial charge in [0.1, 0.15) is 0 Å². The third-order valence-electron chi connectivity index (χ3n) is 2.98. The van der Waals surface area contributed by atoms with Crippen molar-refractivity contribution in [3.63, 3.8) is 0 Å². The number of amides is 1. The van der Waals surface area contributed by atoms with Gasteiger partial charge in [-0.25, -0.2) is 13.2 Å². The maximum Gasteiger partial charge on any atom is 0.335 e. The quantitative estimate of drug-likeness (QED) is 0.849. The molecule has 0 bridgehead atoms. The Hall–Kier alpha value is -1.93. The molecule has 0 fully saturated rings. The number of likely N-dealkylation sites (N-methyl/N-ethyl adjacent to an activating group) is 2. The summed E-state index contributed by atoms with van der Waals surface area (Å²) in [6, 6.07) is 3.86. The number of sulfonamides is 1. The second kappa shape index (κ2) is 6.23. The third kappa shape index (κ3) is 3.79. The molecule has 0 atom stereocenters. The molecule has 0 aliphatic rings. The number of carbonyl (C=O) groups is 2. The van der Waals surface area contributed by atoms with Gasteiger partial charge in [-0.2, -0.15) is 4.31 Å². The van der Waals surface area contributed by atoms with Crippen molar-refractivity contribution in [1.29, 1.82) is 0 Å². The van der Waals surface area contributed by atoms with E-state index in [4.69, 9.17) is 5.11 Å². The molecule has 0 aromatic heterocycles. The van der Waals surface area contributed by atoms with Crippen LogP contribution in [0.25, 0.3) is 0 Å². The Kier molecular flexibility index (Phi) is 5.08. The molecule has 0 heterocycles. The van der Waals surface area contributed by atoms with Crippen LogP contribution in [0.15, 0.2) is 23.1 Å². The van der Waals surface area contributed by atoms with Crippen molar-refractivity contribution in [2.45, 2.75) is 11.8 Å². The van der Waals surface area contributed by atoms with Crippen LogP contribution in [0.3, 0.4) is 0 Å². The van der Waals surface area contributed by atoms with Crippen LogP contribution < -0.4 is 0 Å². The molecular formula is C13H18N2O5S. The highest BCUT2D eigenvalue weighted by atomic mass is 32.2. The van der Waals surface area contributed by atoms with E-state index in [0.29, 0.717) is 5.56 Å². The zero-order valence-electron chi connectivity index (χ0n) is 12.3. The first-order valence-corrected chi connectivity index (χ1v) is 7.52. The molecule has 8 heteroatoms. The van der Waals surface area contributed by atoms with Crippen molar-refractivity contribution in [2.75, 3.05) is 27.7 Å². The first-order valence-electron chi connectivity index (χ1n) is 6.07. The van der Waals surface area contributed by atoms with Crippen LogP contribution in [-0.2, 0) is 14.8 Å². The molecule has 0 spiro atoms. The highest BCUT2D eigenvalue weighted by Crippen LogP contribution is 2.20. The summed E-state index contributed by atoms with van der Waals surface area (Å²) in [5, 5.41) is 8.95. The van der Waals surface area contributed by atoms with Gasteiger partial charge < -0.3 is 10.0 Å². The Labute approximate surface area is 123 Å². The summed E-state index contributed by atoms with van der Waals surface area (Å²) in [5.41, 5.74) is 0.302. The Morgan fingerprint density at radius 1 is 1.19 bits per heavy atom. The van der Waals surface area contributed by atoms with Gasteiger partial charge in [0.25, 0.3) is 0 Å². The summed E-state index contributed by atoms with van der Waals surface area (Å²) in [7, 11) is 0.403. The van der Waals surface area contributed by atoms with Crippen LogP contribution in [-0.4, -0.2) is 62.3 Å². The minimum absolute atomic E-state index is 0.114. The van der Waals surface area contributed by atoms with E-state index in [9.17, 15) is 18.0 Å². The second-order valence-corrected chi connectivity index (χ2v) is 6.85. The van der Waals surface area contributed by atoms with Crippen LogP contribution in [0, 0.1) is 6.92 Å². The molecule has 1 rings (SSSR count). The SMILES string of the molecule is Cc1ccc(C(=O)O)cc1S(=O)(=O)N(C)CC(=O)N(C)C. The average Bonchev–Trinajstić information content (AvgIpc) is 2.38. The Balaban J connectivity index is 3.21. The van der Waals surface area contributed by atoms with E-state index in [1.807, 2.05) is 0 Å². The molecule has 21 heavy (non-hydrogen) atoms. The molecule has 0 radical (unpaired) electrons. The Morgan fingerprint density at radius 2 is 1.76 bits per heavy atom. The van der Waals surface area contributed by atoms with Gasteiger partial charge in [0, 0.05) is 21.1 Å². The van der Waals surface area contributed by atoms with Crippen molar-refractivity contribution >= 4 is 21.9 Å². The van der Waals surface area contributed by atoms with Crippen molar-refractivity contribution in [3.8, 4) is 0 Å². The fraction of sp³-hybridized carbons (Fsp3) is 0.385. The smallest absolute Gasteiger partial charge is 0.335 e. The van der Waals surface area contributed by atoms with Crippen LogP contribution >= 0.6 is 0 Å². The van der Waals surface area contributed by atoms with Gasteiger partial charge >= 0.3 is 5.97 Å². The number of carboxylic acids is 1. The minimum atomic E-state index is -3.93. The second-order valence-electron chi connectivity index (χ2n) is 4.83. The lowest BCUT2D eigenvalue weighted by molar-refractivity contribution is -0.128. The summed E-state index contributed by atoms with van der Waals surface area (Å²) >= 11 is 0. The van der Waals surface area contributed by atoms with Gasteiger partial charge in [-0.3, -0.25) is 4.79 Å². The Morgan fingerprint density at radius 3 is 2.24 bits per heavy atom. The maximum atomic E-state index is 12.4. The molecule has 0 aliphatic heterocycles.